The third-order valence-electron chi connectivity index (χ3n) is 3.30. The van der Waals surface area contributed by atoms with Gasteiger partial charge in [-0.1, -0.05) is 50.2 Å². The molecule has 108 valence electrons. The van der Waals surface area contributed by atoms with Gasteiger partial charge >= 0.3 is 0 Å². The van der Waals surface area contributed by atoms with Crippen molar-refractivity contribution in [3.63, 3.8) is 0 Å². The van der Waals surface area contributed by atoms with Crippen molar-refractivity contribution < 1.29 is 4.52 Å². The predicted molar refractivity (Wildman–Crippen MR) is 80.2 cm³/mol. The van der Waals surface area contributed by atoms with E-state index in [-0.39, 0.29) is 6.04 Å². The molecular weight excluding hydrogens is 250 g/mol. The summed E-state index contributed by atoms with van der Waals surface area (Å²) in [5, 5.41) is 4.03. The number of nitrogens with two attached hydrogens (primary N) is 1. The zero-order valence-corrected chi connectivity index (χ0v) is 12.5. The van der Waals surface area contributed by atoms with E-state index < -0.39 is 0 Å². The summed E-state index contributed by atoms with van der Waals surface area (Å²) < 4.78 is 5.29. The predicted octanol–water partition coefficient (Wildman–Crippen LogP) is 3.21. The van der Waals surface area contributed by atoms with Crippen LogP contribution in [0.2, 0.25) is 0 Å². The highest BCUT2D eigenvalue weighted by Gasteiger charge is 2.13. The lowest BCUT2D eigenvalue weighted by Gasteiger charge is -2.10. The molecule has 1 unspecified atom stereocenters. The zero-order chi connectivity index (χ0) is 14.5. The van der Waals surface area contributed by atoms with Crippen LogP contribution in [0.1, 0.15) is 38.6 Å². The first kappa shape index (κ1) is 14.7. The summed E-state index contributed by atoms with van der Waals surface area (Å²) in [6.45, 7) is 6.46. The van der Waals surface area contributed by atoms with E-state index in [1.165, 1.54) is 5.56 Å². The highest BCUT2D eigenvalue weighted by Crippen LogP contribution is 2.17. The standard InChI is InChI=1S/C16H23N3O/c1-4-12-5-7-13(8-6-12)16-18-15(20-19-16)10-14(17)9-11(2)3/h5-8,11,14H,4,9-10,17H2,1-3H3. The van der Waals surface area contributed by atoms with Crippen LogP contribution in [0.15, 0.2) is 28.8 Å². The van der Waals surface area contributed by atoms with E-state index in [2.05, 4.69) is 43.0 Å². The van der Waals surface area contributed by atoms with Crippen LogP contribution in [0.4, 0.5) is 0 Å². The highest BCUT2D eigenvalue weighted by atomic mass is 16.5. The first-order chi connectivity index (χ1) is 9.58. The van der Waals surface area contributed by atoms with Crippen LogP contribution < -0.4 is 5.73 Å². The van der Waals surface area contributed by atoms with Crippen LogP contribution in [-0.4, -0.2) is 16.2 Å². The molecule has 2 rings (SSSR count). The summed E-state index contributed by atoms with van der Waals surface area (Å²) in [7, 11) is 0. The molecule has 0 spiro atoms. The van der Waals surface area contributed by atoms with E-state index in [0.717, 1.165) is 18.4 Å². The van der Waals surface area contributed by atoms with Crippen LogP contribution >= 0.6 is 0 Å². The van der Waals surface area contributed by atoms with E-state index in [1.807, 2.05) is 12.1 Å². The van der Waals surface area contributed by atoms with Crippen LogP contribution in [0.5, 0.6) is 0 Å². The van der Waals surface area contributed by atoms with E-state index >= 15 is 0 Å². The van der Waals surface area contributed by atoms with Gasteiger partial charge in [0.25, 0.3) is 0 Å². The minimum absolute atomic E-state index is 0.0748. The molecule has 1 aromatic carbocycles. The first-order valence-corrected chi connectivity index (χ1v) is 7.26. The molecule has 0 saturated carbocycles. The summed E-state index contributed by atoms with van der Waals surface area (Å²) in [6, 6.07) is 8.32. The summed E-state index contributed by atoms with van der Waals surface area (Å²) in [5.41, 5.74) is 8.35. The van der Waals surface area contributed by atoms with Gasteiger partial charge in [-0.25, -0.2) is 0 Å². The van der Waals surface area contributed by atoms with Gasteiger partial charge in [0.15, 0.2) is 0 Å². The van der Waals surface area contributed by atoms with Crippen LogP contribution in [0.25, 0.3) is 11.4 Å². The Bertz CT molecular complexity index is 531. The second-order valence-electron chi connectivity index (χ2n) is 5.66. The molecule has 4 nitrogen and oxygen atoms in total. The minimum Gasteiger partial charge on any atom is -0.339 e. The molecule has 20 heavy (non-hydrogen) atoms. The number of benzene rings is 1. The van der Waals surface area contributed by atoms with Crippen molar-refractivity contribution in [2.24, 2.45) is 11.7 Å². The SMILES string of the molecule is CCc1ccc(-c2noc(CC(N)CC(C)C)n2)cc1. The molecule has 2 aromatic rings. The smallest absolute Gasteiger partial charge is 0.228 e. The van der Waals surface area contributed by atoms with Gasteiger partial charge in [0.2, 0.25) is 11.7 Å². The Kier molecular flexibility index (Phi) is 4.90. The quantitative estimate of drug-likeness (QED) is 0.877. The van der Waals surface area contributed by atoms with E-state index in [1.54, 1.807) is 0 Å². The molecule has 4 heteroatoms. The summed E-state index contributed by atoms with van der Waals surface area (Å²) in [6.07, 6.45) is 2.63. The molecule has 0 aliphatic heterocycles. The van der Waals surface area contributed by atoms with Crippen LogP contribution in [-0.2, 0) is 12.8 Å². The second-order valence-corrected chi connectivity index (χ2v) is 5.66. The Labute approximate surface area is 120 Å². The number of rotatable bonds is 6. The molecule has 0 radical (unpaired) electrons. The Morgan fingerprint density at radius 1 is 1.20 bits per heavy atom. The van der Waals surface area contributed by atoms with E-state index in [0.29, 0.717) is 24.1 Å². The molecule has 0 aliphatic carbocycles. The molecule has 0 amide bonds. The normalized spacial score (nSPS) is 12.8. The first-order valence-electron chi connectivity index (χ1n) is 7.26. The summed E-state index contributed by atoms with van der Waals surface area (Å²) in [4.78, 5) is 4.43. The molecule has 0 fully saturated rings. The van der Waals surface area contributed by atoms with Crippen LogP contribution in [0.3, 0.4) is 0 Å². The largest absolute Gasteiger partial charge is 0.339 e. The number of aromatic nitrogens is 2. The lowest BCUT2D eigenvalue weighted by molar-refractivity contribution is 0.359. The lowest BCUT2D eigenvalue weighted by atomic mass is 10.0. The van der Waals surface area contributed by atoms with Crippen molar-refractivity contribution in [3.8, 4) is 11.4 Å². The number of aryl methyl sites for hydroxylation is 1. The summed E-state index contributed by atoms with van der Waals surface area (Å²) in [5.74, 6) is 1.83. The van der Waals surface area contributed by atoms with Gasteiger partial charge in [-0.05, 0) is 24.3 Å². The average molecular weight is 273 g/mol. The molecule has 1 atom stereocenters. The second kappa shape index (κ2) is 6.66. The Balaban J connectivity index is 2.04. The fourth-order valence-electron chi connectivity index (χ4n) is 2.26. The number of nitrogens with zero attached hydrogens (tertiary/aromatic N) is 2. The van der Waals surface area contributed by atoms with Gasteiger partial charge in [-0.2, -0.15) is 4.98 Å². The van der Waals surface area contributed by atoms with Crippen molar-refractivity contribution in [1.29, 1.82) is 0 Å². The summed E-state index contributed by atoms with van der Waals surface area (Å²) >= 11 is 0. The molecular formula is C16H23N3O. The molecule has 0 saturated heterocycles. The van der Waals surface area contributed by atoms with Crippen LogP contribution in [0, 0.1) is 5.92 Å². The monoisotopic (exact) mass is 273 g/mol. The van der Waals surface area contributed by atoms with Crippen molar-refractivity contribution in [2.45, 2.75) is 46.1 Å². The van der Waals surface area contributed by atoms with Crippen molar-refractivity contribution in [1.82, 2.24) is 10.1 Å². The van der Waals surface area contributed by atoms with Gasteiger partial charge in [0.1, 0.15) is 0 Å². The fraction of sp³-hybridized carbons (Fsp3) is 0.500. The molecule has 1 heterocycles. The number of hydrogen-bond donors (Lipinski definition) is 1. The van der Waals surface area contributed by atoms with Gasteiger partial charge in [-0.3, -0.25) is 0 Å². The zero-order valence-electron chi connectivity index (χ0n) is 12.5. The average Bonchev–Trinajstić information content (AvgIpc) is 2.86. The Hall–Kier alpha value is -1.68. The van der Waals surface area contributed by atoms with Crippen molar-refractivity contribution in [3.05, 3.63) is 35.7 Å². The lowest BCUT2D eigenvalue weighted by Crippen LogP contribution is -2.24. The van der Waals surface area contributed by atoms with Crippen molar-refractivity contribution >= 4 is 0 Å². The maximum absolute atomic E-state index is 6.06. The van der Waals surface area contributed by atoms with Gasteiger partial charge in [0.05, 0.1) is 0 Å². The number of hydrogen-bond acceptors (Lipinski definition) is 4. The Morgan fingerprint density at radius 2 is 1.90 bits per heavy atom. The van der Waals surface area contributed by atoms with E-state index in [9.17, 15) is 0 Å². The highest BCUT2D eigenvalue weighted by molar-refractivity contribution is 5.54. The molecule has 0 bridgehead atoms. The maximum atomic E-state index is 6.06. The molecule has 2 N–H and O–H groups in total. The van der Waals surface area contributed by atoms with Crippen molar-refractivity contribution in [2.75, 3.05) is 0 Å². The third kappa shape index (κ3) is 3.90. The molecule has 0 aliphatic rings. The minimum atomic E-state index is 0.0748. The van der Waals surface area contributed by atoms with Gasteiger partial charge < -0.3 is 10.3 Å². The van der Waals surface area contributed by atoms with Gasteiger partial charge in [-0.15, -0.1) is 0 Å². The fourth-order valence-corrected chi connectivity index (χ4v) is 2.26. The van der Waals surface area contributed by atoms with E-state index in [4.69, 9.17) is 10.3 Å². The Morgan fingerprint density at radius 3 is 2.50 bits per heavy atom. The van der Waals surface area contributed by atoms with Gasteiger partial charge in [0, 0.05) is 18.0 Å². The maximum Gasteiger partial charge on any atom is 0.228 e. The molecule has 1 aromatic heterocycles. The topological polar surface area (TPSA) is 64.9 Å². The third-order valence-corrected chi connectivity index (χ3v) is 3.30.